The second-order valence-electron chi connectivity index (χ2n) is 6.21. The van der Waals surface area contributed by atoms with E-state index in [4.69, 9.17) is 0 Å². The predicted molar refractivity (Wildman–Crippen MR) is 93.0 cm³/mol. The molecule has 0 unspecified atom stereocenters. The molecule has 2 aromatic carbocycles. The van der Waals surface area contributed by atoms with Gasteiger partial charge in [0.15, 0.2) is 0 Å². The number of allylic oxidation sites excluding steroid dienone is 2. The maximum atomic E-state index is 11.0. The van der Waals surface area contributed by atoms with Crippen molar-refractivity contribution in [2.45, 2.75) is 32.6 Å². The summed E-state index contributed by atoms with van der Waals surface area (Å²) in [7, 11) is 0. The standard InChI is InChI=1S/C21H20O/c1-14-8-2-3-9-15(14)20-18-12-6-4-10-16(18)17-11-5-7-13-19(17)21(20)22/h2-3,6-9,12-13,22H,4-5,10-11H2,1H3. The van der Waals surface area contributed by atoms with Crippen molar-refractivity contribution in [2.24, 2.45) is 0 Å². The van der Waals surface area contributed by atoms with Gasteiger partial charge in [-0.1, -0.05) is 48.6 Å². The lowest BCUT2D eigenvalue weighted by Crippen LogP contribution is -2.08. The van der Waals surface area contributed by atoms with E-state index in [9.17, 15) is 5.11 Å². The van der Waals surface area contributed by atoms with Gasteiger partial charge in [0.05, 0.1) is 0 Å². The van der Waals surface area contributed by atoms with Crippen LogP contribution < -0.4 is 0 Å². The summed E-state index contributed by atoms with van der Waals surface area (Å²) >= 11 is 0. The van der Waals surface area contributed by atoms with Crippen LogP contribution in [0.5, 0.6) is 5.75 Å². The smallest absolute Gasteiger partial charge is 0.131 e. The molecule has 110 valence electrons. The molecule has 22 heavy (non-hydrogen) atoms. The highest BCUT2D eigenvalue weighted by molar-refractivity contribution is 5.89. The van der Waals surface area contributed by atoms with Gasteiger partial charge in [0.1, 0.15) is 5.75 Å². The number of rotatable bonds is 1. The normalized spacial score (nSPS) is 15.5. The third kappa shape index (κ3) is 1.93. The summed E-state index contributed by atoms with van der Waals surface area (Å²) in [5, 5.41) is 11.0. The second-order valence-corrected chi connectivity index (χ2v) is 6.21. The van der Waals surface area contributed by atoms with Crippen LogP contribution in [0.2, 0.25) is 0 Å². The molecule has 0 atom stereocenters. The third-order valence-corrected chi connectivity index (χ3v) is 4.88. The van der Waals surface area contributed by atoms with Gasteiger partial charge in [-0.2, -0.15) is 0 Å². The quantitative estimate of drug-likeness (QED) is 0.756. The van der Waals surface area contributed by atoms with Crippen molar-refractivity contribution in [1.82, 2.24) is 0 Å². The topological polar surface area (TPSA) is 20.2 Å². The van der Waals surface area contributed by atoms with E-state index >= 15 is 0 Å². The first-order chi connectivity index (χ1) is 10.8. The molecule has 2 aliphatic carbocycles. The molecule has 0 aliphatic heterocycles. The average Bonchev–Trinajstić information content (AvgIpc) is 2.57. The van der Waals surface area contributed by atoms with E-state index in [1.54, 1.807) is 0 Å². The molecule has 4 rings (SSSR count). The van der Waals surface area contributed by atoms with Gasteiger partial charge in [0.2, 0.25) is 0 Å². The lowest BCUT2D eigenvalue weighted by Gasteiger charge is -2.25. The molecule has 0 heterocycles. The van der Waals surface area contributed by atoms with Crippen molar-refractivity contribution in [1.29, 1.82) is 0 Å². The maximum absolute atomic E-state index is 11.0. The highest BCUT2D eigenvalue weighted by Gasteiger charge is 2.24. The maximum Gasteiger partial charge on any atom is 0.131 e. The molecule has 0 aromatic heterocycles. The minimum atomic E-state index is 0.450. The molecule has 0 fully saturated rings. The van der Waals surface area contributed by atoms with E-state index in [1.165, 1.54) is 22.3 Å². The molecule has 0 bridgehead atoms. The SMILES string of the molecule is Cc1ccccc1-c1c(O)c2c(c3c1C=CCC3)CCC=C2. The van der Waals surface area contributed by atoms with E-state index in [-0.39, 0.29) is 0 Å². The number of phenolic OH excluding ortho intramolecular Hbond substituents is 1. The fourth-order valence-corrected chi connectivity index (χ4v) is 3.80. The predicted octanol–water partition coefficient (Wildman–Crippen LogP) is 5.29. The Morgan fingerprint density at radius 1 is 0.864 bits per heavy atom. The molecule has 0 saturated carbocycles. The van der Waals surface area contributed by atoms with Gasteiger partial charge in [0.25, 0.3) is 0 Å². The first-order valence-electron chi connectivity index (χ1n) is 8.07. The summed E-state index contributed by atoms with van der Waals surface area (Å²) in [5.74, 6) is 0.450. The number of aromatic hydroxyl groups is 1. The van der Waals surface area contributed by atoms with Gasteiger partial charge >= 0.3 is 0 Å². The molecule has 0 amide bonds. The highest BCUT2D eigenvalue weighted by atomic mass is 16.3. The number of benzene rings is 2. The molecule has 2 aromatic rings. The third-order valence-electron chi connectivity index (χ3n) is 4.88. The van der Waals surface area contributed by atoms with Crippen molar-refractivity contribution < 1.29 is 5.11 Å². The Balaban J connectivity index is 2.10. The van der Waals surface area contributed by atoms with Crippen molar-refractivity contribution in [3.8, 4) is 16.9 Å². The summed E-state index contributed by atoms with van der Waals surface area (Å²) < 4.78 is 0. The summed E-state index contributed by atoms with van der Waals surface area (Å²) in [5.41, 5.74) is 8.43. The highest BCUT2D eigenvalue weighted by Crippen LogP contribution is 2.45. The monoisotopic (exact) mass is 288 g/mol. The van der Waals surface area contributed by atoms with Crippen LogP contribution in [0.15, 0.2) is 36.4 Å². The summed E-state index contributed by atoms with van der Waals surface area (Å²) in [4.78, 5) is 0. The molecule has 0 radical (unpaired) electrons. The van der Waals surface area contributed by atoms with Crippen molar-refractivity contribution >= 4 is 12.2 Å². The van der Waals surface area contributed by atoms with Crippen molar-refractivity contribution in [2.75, 3.05) is 0 Å². The van der Waals surface area contributed by atoms with Crippen LogP contribution in [0.4, 0.5) is 0 Å². The van der Waals surface area contributed by atoms with E-state index in [2.05, 4.69) is 55.5 Å². The fraction of sp³-hybridized carbons (Fsp3) is 0.238. The number of hydrogen-bond donors (Lipinski definition) is 1. The summed E-state index contributed by atoms with van der Waals surface area (Å²) in [6.07, 6.45) is 13.0. The van der Waals surface area contributed by atoms with E-state index in [0.717, 1.165) is 42.4 Å². The van der Waals surface area contributed by atoms with Gasteiger partial charge in [-0.3, -0.25) is 0 Å². The van der Waals surface area contributed by atoms with Crippen LogP contribution in [0.3, 0.4) is 0 Å². The minimum Gasteiger partial charge on any atom is -0.507 e. The molecule has 1 nitrogen and oxygen atoms in total. The van der Waals surface area contributed by atoms with Crippen LogP contribution in [0.25, 0.3) is 23.3 Å². The van der Waals surface area contributed by atoms with Crippen LogP contribution >= 0.6 is 0 Å². The molecule has 1 heteroatoms. The van der Waals surface area contributed by atoms with Gasteiger partial charge in [-0.25, -0.2) is 0 Å². The van der Waals surface area contributed by atoms with E-state index in [1.807, 2.05) is 0 Å². The largest absolute Gasteiger partial charge is 0.507 e. The average molecular weight is 288 g/mol. The van der Waals surface area contributed by atoms with Crippen LogP contribution in [0, 0.1) is 6.92 Å². The Kier molecular flexibility index (Phi) is 3.15. The van der Waals surface area contributed by atoms with E-state index in [0.29, 0.717) is 5.75 Å². The molecular formula is C21H20O. The summed E-state index contributed by atoms with van der Waals surface area (Å²) in [6, 6.07) is 8.33. The van der Waals surface area contributed by atoms with Gasteiger partial charge in [-0.15, -0.1) is 0 Å². The molecule has 0 saturated heterocycles. The zero-order valence-corrected chi connectivity index (χ0v) is 12.9. The van der Waals surface area contributed by atoms with Crippen LogP contribution in [0.1, 0.15) is 40.7 Å². The van der Waals surface area contributed by atoms with E-state index < -0.39 is 0 Å². The Hall–Kier alpha value is -2.28. The van der Waals surface area contributed by atoms with Gasteiger partial charge < -0.3 is 5.11 Å². The number of phenols is 1. The van der Waals surface area contributed by atoms with Crippen molar-refractivity contribution in [3.63, 3.8) is 0 Å². The first kappa shape index (κ1) is 13.4. The Bertz CT molecular complexity index is 809. The Morgan fingerprint density at radius 3 is 2.23 bits per heavy atom. The number of hydrogen-bond acceptors (Lipinski definition) is 1. The molecular weight excluding hydrogens is 268 g/mol. The zero-order valence-electron chi connectivity index (χ0n) is 12.9. The lowest BCUT2D eigenvalue weighted by molar-refractivity contribution is 0.474. The van der Waals surface area contributed by atoms with Crippen LogP contribution in [-0.4, -0.2) is 5.11 Å². The summed E-state index contributed by atoms with van der Waals surface area (Å²) in [6.45, 7) is 2.11. The molecule has 2 aliphatic rings. The molecule has 0 spiro atoms. The minimum absolute atomic E-state index is 0.450. The lowest BCUT2D eigenvalue weighted by atomic mass is 9.79. The second kappa shape index (κ2) is 5.17. The Morgan fingerprint density at radius 2 is 1.50 bits per heavy atom. The number of aryl methyl sites for hydroxylation is 1. The zero-order chi connectivity index (χ0) is 15.1. The van der Waals surface area contributed by atoms with Gasteiger partial charge in [0, 0.05) is 11.1 Å². The Labute approximate surface area is 131 Å². The first-order valence-corrected chi connectivity index (χ1v) is 8.07. The number of fused-ring (bicyclic) bond motifs is 3. The fourth-order valence-electron chi connectivity index (χ4n) is 3.80. The van der Waals surface area contributed by atoms with Crippen LogP contribution in [-0.2, 0) is 12.8 Å². The van der Waals surface area contributed by atoms with Gasteiger partial charge in [-0.05, 0) is 60.4 Å². The van der Waals surface area contributed by atoms with Crippen molar-refractivity contribution in [3.05, 3.63) is 64.2 Å². The molecule has 1 N–H and O–H groups in total.